The minimum absolute atomic E-state index is 0.0771. The molecule has 0 radical (unpaired) electrons. The van der Waals surface area contributed by atoms with Gasteiger partial charge in [0, 0.05) is 18.5 Å². The number of amides is 2. The van der Waals surface area contributed by atoms with Gasteiger partial charge in [0.1, 0.15) is 0 Å². The third kappa shape index (κ3) is 5.71. The van der Waals surface area contributed by atoms with Gasteiger partial charge in [0.05, 0.1) is 28.8 Å². The number of carbonyl (C=O) groups excluding carboxylic acids is 2. The Morgan fingerprint density at radius 3 is 2.35 bits per heavy atom. The highest BCUT2D eigenvalue weighted by molar-refractivity contribution is 7.10. The van der Waals surface area contributed by atoms with Crippen molar-refractivity contribution in [1.82, 2.24) is 9.80 Å². The summed E-state index contributed by atoms with van der Waals surface area (Å²) in [5.41, 5.74) is 1.57. The molecule has 1 aromatic heterocycles. The van der Waals surface area contributed by atoms with Crippen molar-refractivity contribution >= 4 is 52.0 Å². The summed E-state index contributed by atoms with van der Waals surface area (Å²) < 4.78 is 0. The molecular formula is C18H21Cl2N3O2S. The molecule has 0 unspecified atom stereocenters. The number of thiophene rings is 1. The molecule has 0 aliphatic rings. The number of benzene rings is 1. The van der Waals surface area contributed by atoms with Crippen LogP contribution in [0.5, 0.6) is 0 Å². The molecule has 1 heterocycles. The zero-order valence-electron chi connectivity index (χ0n) is 14.9. The number of carbonyl (C=O) groups is 2. The Bertz CT molecular complexity index is 774. The molecule has 0 saturated carbocycles. The second-order valence-corrected chi connectivity index (χ2v) is 7.91. The van der Waals surface area contributed by atoms with E-state index in [1.165, 1.54) is 15.3 Å². The number of nitrogens with zero attached hydrogens (tertiary/aromatic N) is 2. The van der Waals surface area contributed by atoms with Gasteiger partial charge in [-0.2, -0.15) is 0 Å². The first-order valence-corrected chi connectivity index (χ1v) is 9.61. The van der Waals surface area contributed by atoms with Gasteiger partial charge in [0.15, 0.2) is 0 Å². The van der Waals surface area contributed by atoms with Crippen LogP contribution in [0.4, 0.5) is 5.69 Å². The zero-order chi connectivity index (χ0) is 19.3. The quantitative estimate of drug-likeness (QED) is 0.748. The Labute approximate surface area is 167 Å². The SMILES string of the molecule is Cc1ccsc1CN(C)CC(=O)N(C)CC(=O)Nc1c(Cl)cccc1Cl. The molecule has 2 amide bonds. The van der Waals surface area contributed by atoms with Gasteiger partial charge in [-0.15, -0.1) is 11.3 Å². The van der Waals surface area contributed by atoms with Crippen molar-refractivity contribution in [2.75, 3.05) is 32.5 Å². The molecule has 5 nitrogen and oxygen atoms in total. The Hall–Kier alpha value is -1.60. The Morgan fingerprint density at radius 1 is 1.12 bits per heavy atom. The normalized spacial score (nSPS) is 10.8. The van der Waals surface area contributed by atoms with E-state index in [2.05, 4.69) is 18.3 Å². The molecule has 26 heavy (non-hydrogen) atoms. The van der Waals surface area contributed by atoms with Gasteiger partial charge >= 0.3 is 0 Å². The molecule has 0 saturated heterocycles. The highest BCUT2D eigenvalue weighted by atomic mass is 35.5. The number of likely N-dealkylation sites (N-methyl/N-ethyl adjacent to an activating group) is 2. The van der Waals surface area contributed by atoms with Crippen LogP contribution in [0, 0.1) is 6.92 Å². The molecule has 0 aliphatic heterocycles. The number of para-hydroxylation sites is 1. The van der Waals surface area contributed by atoms with Gasteiger partial charge in [0.2, 0.25) is 11.8 Å². The molecular weight excluding hydrogens is 393 g/mol. The summed E-state index contributed by atoms with van der Waals surface area (Å²) in [4.78, 5) is 29.1. The number of hydrogen-bond acceptors (Lipinski definition) is 4. The number of nitrogens with one attached hydrogen (secondary N) is 1. The van der Waals surface area contributed by atoms with Crippen molar-refractivity contribution in [3.05, 3.63) is 50.1 Å². The maximum absolute atomic E-state index is 12.3. The third-order valence-electron chi connectivity index (χ3n) is 3.82. The molecule has 140 valence electrons. The Kier molecular flexibility index (Phi) is 7.46. The lowest BCUT2D eigenvalue weighted by Gasteiger charge is -2.21. The summed E-state index contributed by atoms with van der Waals surface area (Å²) in [5.74, 6) is -0.491. The summed E-state index contributed by atoms with van der Waals surface area (Å²) in [6, 6.07) is 7.03. The first kappa shape index (κ1) is 20.7. The van der Waals surface area contributed by atoms with Gasteiger partial charge in [-0.05, 0) is 43.1 Å². The average molecular weight is 414 g/mol. The first-order valence-electron chi connectivity index (χ1n) is 7.97. The lowest BCUT2D eigenvalue weighted by molar-refractivity contribution is -0.134. The van der Waals surface area contributed by atoms with Gasteiger partial charge < -0.3 is 10.2 Å². The van der Waals surface area contributed by atoms with Crippen LogP contribution in [0.2, 0.25) is 10.0 Å². The average Bonchev–Trinajstić information content (AvgIpc) is 2.95. The molecule has 0 atom stereocenters. The highest BCUT2D eigenvalue weighted by Crippen LogP contribution is 2.29. The summed E-state index contributed by atoms with van der Waals surface area (Å²) in [6.07, 6.45) is 0. The van der Waals surface area contributed by atoms with E-state index >= 15 is 0 Å². The first-order chi connectivity index (χ1) is 12.3. The maximum atomic E-state index is 12.3. The monoisotopic (exact) mass is 413 g/mol. The predicted octanol–water partition coefficient (Wildman–Crippen LogP) is 3.89. The fraction of sp³-hybridized carbons (Fsp3) is 0.333. The minimum Gasteiger partial charge on any atom is -0.335 e. The standard InChI is InChI=1S/C18H21Cl2N3O2S/c1-12-7-8-26-15(12)9-22(2)11-17(25)23(3)10-16(24)21-18-13(19)5-4-6-14(18)20/h4-8H,9-11H2,1-3H3,(H,21,24). The zero-order valence-corrected chi connectivity index (χ0v) is 17.2. The van der Waals surface area contributed by atoms with E-state index < -0.39 is 0 Å². The second-order valence-electron chi connectivity index (χ2n) is 6.09. The van der Waals surface area contributed by atoms with Crippen molar-refractivity contribution in [1.29, 1.82) is 0 Å². The number of anilines is 1. The van der Waals surface area contributed by atoms with Crippen LogP contribution in [-0.4, -0.2) is 48.8 Å². The van der Waals surface area contributed by atoms with Crippen LogP contribution in [-0.2, 0) is 16.1 Å². The lowest BCUT2D eigenvalue weighted by atomic mass is 10.3. The summed E-state index contributed by atoms with van der Waals surface area (Å²) in [5, 5.41) is 5.40. The van der Waals surface area contributed by atoms with Gasteiger partial charge in [-0.1, -0.05) is 29.3 Å². The van der Waals surface area contributed by atoms with E-state index in [1.807, 2.05) is 17.3 Å². The molecule has 0 fully saturated rings. The molecule has 2 rings (SSSR count). The topological polar surface area (TPSA) is 52.7 Å². The van der Waals surface area contributed by atoms with Crippen molar-refractivity contribution in [2.24, 2.45) is 0 Å². The summed E-state index contributed by atoms with van der Waals surface area (Å²) in [7, 11) is 3.48. The van der Waals surface area contributed by atoms with E-state index in [0.29, 0.717) is 22.3 Å². The predicted molar refractivity (Wildman–Crippen MR) is 108 cm³/mol. The number of hydrogen-bond donors (Lipinski definition) is 1. The van der Waals surface area contributed by atoms with Gasteiger partial charge in [-0.25, -0.2) is 0 Å². The maximum Gasteiger partial charge on any atom is 0.244 e. The molecule has 1 N–H and O–H groups in total. The number of rotatable bonds is 7. The van der Waals surface area contributed by atoms with Gasteiger partial charge in [0.25, 0.3) is 0 Å². The molecule has 0 spiro atoms. The molecule has 8 heteroatoms. The van der Waals surface area contributed by atoms with Crippen LogP contribution < -0.4 is 5.32 Å². The largest absolute Gasteiger partial charge is 0.335 e. The van der Waals surface area contributed by atoms with Crippen molar-refractivity contribution in [3.8, 4) is 0 Å². The molecule has 0 aliphatic carbocycles. The van der Waals surface area contributed by atoms with E-state index in [4.69, 9.17) is 23.2 Å². The number of aryl methyl sites for hydroxylation is 1. The van der Waals surface area contributed by atoms with Crippen molar-refractivity contribution in [3.63, 3.8) is 0 Å². The molecule has 1 aromatic carbocycles. The Morgan fingerprint density at radius 2 is 1.77 bits per heavy atom. The number of halogens is 2. The smallest absolute Gasteiger partial charge is 0.244 e. The van der Waals surface area contributed by atoms with Crippen molar-refractivity contribution in [2.45, 2.75) is 13.5 Å². The van der Waals surface area contributed by atoms with Crippen LogP contribution >= 0.6 is 34.5 Å². The fourth-order valence-electron chi connectivity index (χ4n) is 2.32. The van der Waals surface area contributed by atoms with E-state index in [9.17, 15) is 9.59 Å². The lowest BCUT2D eigenvalue weighted by Crippen LogP contribution is -2.40. The Balaban J connectivity index is 1.86. The highest BCUT2D eigenvalue weighted by Gasteiger charge is 2.17. The van der Waals surface area contributed by atoms with E-state index in [1.54, 1.807) is 36.6 Å². The summed E-state index contributed by atoms with van der Waals surface area (Å²) in [6.45, 7) is 2.91. The summed E-state index contributed by atoms with van der Waals surface area (Å²) >= 11 is 13.7. The van der Waals surface area contributed by atoms with Crippen LogP contribution in [0.15, 0.2) is 29.6 Å². The van der Waals surface area contributed by atoms with Gasteiger partial charge in [-0.3, -0.25) is 14.5 Å². The van der Waals surface area contributed by atoms with Crippen LogP contribution in [0.3, 0.4) is 0 Å². The third-order valence-corrected chi connectivity index (χ3v) is 5.46. The molecule has 2 aromatic rings. The van der Waals surface area contributed by atoms with Crippen LogP contribution in [0.25, 0.3) is 0 Å². The minimum atomic E-state index is -0.354. The van der Waals surface area contributed by atoms with E-state index in [0.717, 1.165) is 0 Å². The van der Waals surface area contributed by atoms with E-state index in [-0.39, 0.29) is 24.9 Å². The second kappa shape index (κ2) is 9.37. The molecule has 0 bridgehead atoms. The van der Waals surface area contributed by atoms with Crippen molar-refractivity contribution < 1.29 is 9.59 Å². The fourth-order valence-corrected chi connectivity index (χ4v) is 3.80. The van der Waals surface area contributed by atoms with Crippen LogP contribution in [0.1, 0.15) is 10.4 Å².